The molecule has 6 heteroatoms. The number of carbonyl (C=O) groups is 1. The number of esters is 1. The number of aromatic nitrogens is 3. The molecule has 0 atom stereocenters. The highest BCUT2D eigenvalue weighted by Gasteiger charge is 2.23. The summed E-state index contributed by atoms with van der Waals surface area (Å²) >= 11 is 0. The molecule has 0 radical (unpaired) electrons. The van der Waals surface area contributed by atoms with Crippen LogP contribution in [0, 0.1) is 5.92 Å². The third-order valence-corrected chi connectivity index (χ3v) is 4.76. The van der Waals surface area contributed by atoms with Gasteiger partial charge in [0.1, 0.15) is 11.4 Å². The molecule has 2 aromatic heterocycles. The van der Waals surface area contributed by atoms with Crippen molar-refractivity contribution in [3.05, 3.63) is 29.7 Å². The van der Waals surface area contributed by atoms with E-state index in [0.29, 0.717) is 23.2 Å². The van der Waals surface area contributed by atoms with Crippen LogP contribution in [-0.4, -0.2) is 51.7 Å². The molecule has 6 nitrogen and oxygen atoms in total. The Bertz CT molecular complexity index is 687. The lowest BCUT2D eigenvalue weighted by molar-refractivity contribution is 0.0602. The summed E-state index contributed by atoms with van der Waals surface area (Å²) in [6, 6.07) is 4.18. The first kappa shape index (κ1) is 15.9. The number of rotatable bonds is 4. The molecule has 3 rings (SSSR count). The number of hydrogen-bond acceptors (Lipinski definition) is 5. The maximum atomic E-state index is 11.8. The molecule has 0 unspecified atom stereocenters. The molecule has 1 saturated heterocycles. The van der Waals surface area contributed by atoms with Crippen LogP contribution in [0.25, 0.3) is 5.65 Å². The van der Waals surface area contributed by atoms with Gasteiger partial charge in [-0.25, -0.2) is 4.79 Å². The van der Waals surface area contributed by atoms with Gasteiger partial charge < -0.3 is 9.64 Å². The molecule has 2 aromatic rings. The molecule has 1 fully saturated rings. The molecule has 0 aliphatic carbocycles. The van der Waals surface area contributed by atoms with Gasteiger partial charge in [0.2, 0.25) is 0 Å². The van der Waals surface area contributed by atoms with Crippen molar-refractivity contribution in [2.45, 2.75) is 39.2 Å². The number of pyridine rings is 1. The molecular weight excluding hydrogens is 292 g/mol. The molecule has 124 valence electrons. The Labute approximate surface area is 136 Å². The number of fused-ring (bicyclic) bond motifs is 1. The summed E-state index contributed by atoms with van der Waals surface area (Å²) in [5.41, 5.74) is 1.04. The minimum Gasteiger partial charge on any atom is -0.465 e. The fraction of sp³-hybridized carbons (Fsp3) is 0.588. The topological polar surface area (TPSA) is 59.7 Å². The first-order chi connectivity index (χ1) is 11.1. The van der Waals surface area contributed by atoms with E-state index in [1.165, 1.54) is 20.0 Å². The van der Waals surface area contributed by atoms with E-state index in [1.807, 2.05) is 16.7 Å². The SMILES string of the molecule is COC(=O)c1cccn2c(CC3CCN(C(C)C)CC3)nnc12. The van der Waals surface area contributed by atoms with Crippen molar-refractivity contribution in [2.75, 3.05) is 20.2 Å². The predicted molar refractivity (Wildman–Crippen MR) is 87.5 cm³/mol. The summed E-state index contributed by atoms with van der Waals surface area (Å²) in [5, 5.41) is 8.51. The van der Waals surface area contributed by atoms with Gasteiger partial charge in [0.25, 0.3) is 0 Å². The first-order valence-electron chi connectivity index (χ1n) is 8.25. The molecule has 0 bridgehead atoms. The molecule has 3 heterocycles. The molecule has 23 heavy (non-hydrogen) atoms. The van der Waals surface area contributed by atoms with Gasteiger partial charge in [-0.2, -0.15) is 0 Å². The Morgan fingerprint density at radius 1 is 1.35 bits per heavy atom. The zero-order chi connectivity index (χ0) is 16.4. The van der Waals surface area contributed by atoms with Gasteiger partial charge in [0, 0.05) is 18.7 Å². The second kappa shape index (κ2) is 6.66. The lowest BCUT2D eigenvalue weighted by atomic mass is 9.92. The summed E-state index contributed by atoms with van der Waals surface area (Å²) in [5.74, 6) is 1.17. The maximum absolute atomic E-state index is 11.8. The van der Waals surface area contributed by atoms with Crippen LogP contribution < -0.4 is 0 Å². The summed E-state index contributed by atoms with van der Waals surface area (Å²) < 4.78 is 6.73. The van der Waals surface area contributed by atoms with E-state index in [2.05, 4.69) is 28.9 Å². The second-order valence-electron chi connectivity index (χ2n) is 6.50. The number of methoxy groups -OCH3 is 1. The standard InChI is InChI=1S/C17H24N4O2/c1-12(2)20-9-6-13(7-10-20)11-15-18-19-16-14(17(22)23-3)5-4-8-21(15)16/h4-5,8,12-13H,6-7,9-11H2,1-3H3. The lowest BCUT2D eigenvalue weighted by Gasteiger charge is -2.34. The molecular formula is C17H24N4O2. The Hall–Kier alpha value is -1.95. The minimum atomic E-state index is -0.375. The molecule has 0 amide bonds. The zero-order valence-corrected chi connectivity index (χ0v) is 14.0. The number of piperidine rings is 1. The molecule has 1 aliphatic rings. The number of hydrogen-bond donors (Lipinski definition) is 0. The van der Waals surface area contributed by atoms with E-state index in [1.54, 1.807) is 6.07 Å². The van der Waals surface area contributed by atoms with Gasteiger partial charge in [-0.05, 0) is 57.8 Å². The van der Waals surface area contributed by atoms with Crippen molar-refractivity contribution >= 4 is 11.6 Å². The van der Waals surface area contributed by atoms with E-state index in [9.17, 15) is 4.79 Å². The molecule has 0 spiro atoms. The quantitative estimate of drug-likeness (QED) is 0.809. The van der Waals surface area contributed by atoms with Crippen molar-refractivity contribution in [3.8, 4) is 0 Å². The number of ether oxygens (including phenoxy) is 1. The number of nitrogens with zero attached hydrogens (tertiary/aromatic N) is 4. The van der Waals surface area contributed by atoms with Crippen LogP contribution in [0.5, 0.6) is 0 Å². The highest BCUT2D eigenvalue weighted by Crippen LogP contribution is 2.23. The third kappa shape index (κ3) is 3.22. The fourth-order valence-electron chi connectivity index (χ4n) is 3.30. The largest absolute Gasteiger partial charge is 0.465 e. The normalized spacial score (nSPS) is 17.0. The van der Waals surface area contributed by atoms with Crippen LogP contribution in [0.3, 0.4) is 0 Å². The van der Waals surface area contributed by atoms with E-state index in [0.717, 1.165) is 25.3 Å². The lowest BCUT2D eigenvalue weighted by Crippen LogP contribution is -2.39. The summed E-state index contributed by atoms with van der Waals surface area (Å²) in [4.78, 5) is 14.3. The average Bonchev–Trinajstić information content (AvgIpc) is 2.97. The van der Waals surface area contributed by atoms with Crippen molar-refractivity contribution in [3.63, 3.8) is 0 Å². The number of likely N-dealkylation sites (tertiary alicyclic amines) is 1. The highest BCUT2D eigenvalue weighted by molar-refractivity contribution is 5.95. The Morgan fingerprint density at radius 2 is 2.09 bits per heavy atom. The van der Waals surface area contributed by atoms with E-state index in [4.69, 9.17) is 4.74 Å². The third-order valence-electron chi connectivity index (χ3n) is 4.76. The maximum Gasteiger partial charge on any atom is 0.341 e. The average molecular weight is 316 g/mol. The van der Waals surface area contributed by atoms with Crippen molar-refractivity contribution < 1.29 is 9.53 Å². The van der Waals surface area contributed by atoms with Gasteiger partial charge in [-0.1, -0.05) is 0 Å². The van der Waals surface area contributed by atoms with Gasteiger partial charge in [-0.15, -0.1) is 10.2 Å². The molecule has 0 aromatic carbocycles. The summed E-state index contributed by atoms with van der Waals surface area (Å²) in [6.45, 7) is 6.79. The van der Waals surface area contributed by atoms with Gasteiger partial charge in [0.15, 0.2) is 5.65 Å². The van der Waals surface area contributed by atoms with Crippen molar-refractivity contribution in [1.82, 2.24) is 19.5 Å². The van der Waals surface area contributed by atoms with Crippen molar-refractivity contribution in [2.24, 2.45) is 5.92 Å². The van der Waals surface area contributed by atoms with Crippen LogP contribution >= 0.6 is 0 Å². The van der Waals surface area contributed by atoms with Gasteiger partial charge in [-0.3, -0.25) is 4.40 Å². The minimum absolute atomic E-state index is 0.375. The van der Waals surface area contributed by atoms with E-state index < -0.39 is 0 Å². The Balaban J connectivity index is 1.76. The van der Waals surface area contributed by atoms with Crippen LogP contribution in [0.4, 0.5) is 0 Å². The van der Waals surface area contributed by atoms with E-state index >= 15 is 0 Å². The van der Waals surface area contributed by atoms with Crippen LogP contribution in [0.2, 0.25) is 0 Å². The van der Waals surface area contributed by atoms with Crippen LogP contribution in [-0.2, 0) is 11.2 Å². The van der Waals surface area contributed by atoms with E-state index in [-0.39, 0.29) is 5.97 Å². The Morgan fingerprint density at radius 3 is 2.74 bits per heavy atom. The number of carbonyl (C=O) groups excluding carboxylic acids is 1. The zero-order valence-electron chi connectivity index (χ0n) is 14.0. The summed E-state index contributed by atoms with van der Waals surface area (Å²) in [7, 11) is 1.38. The Kier molecular flexibility index (Phi) is 4.61. The van der Waals surface area contributed by atoms with Crippen molar-refractivity contribution in [1.29, 1.82) is 0 Å². The van der Waals surface area contributed by atoms with Gasteiger partial charge >= 0.3 is 5.97 Å². The molecule has 0 N–H and O–H groups in total. The monoisotopic (exact) mass is 316 g/mol. The van der Waals surface area contributed by atoms with Crippen LogP contribution in [0.15, 0.2) is 18.3 Å². The predicted octanol–water partition coefficient (Wildman–Crippen LogP) is 2.18. The second-order valence-corrected chi connectivity index (χ2v) is 6.50. The highest BCUT2D eigenvalue weighted by atomic mass is 16.5. The first-order valence-corrected chi connectivity index (χ1v) is 8.25. The van der Waals surface area contributed by atoms with Crippen LogP contribution in [0.1, 0.15) is 42.9 Å². The molecule has 0 saturated carbocycles. The molecule has 1 aliphatic heterocycles. The fourth-order valence-corrected chi connectivity index (χ4v) is 3.30. The summed E-state index contributed by atoms with van der Waals surface area (Å²) in [6.07, 6.45) is 5.19. The van der Waals surface area contributed by atoms with Gasteiger partial charge in [0.05, 0.1) is 7.11 Å². The smallest absolute Gasteiger partial charge is 0.341 e.